The molecule has 0 saturated heterocycles. The molecule has 0 aromatic carbocycles. The van der Waals surface area contributed by atoms with E-state index in [-0.39, 0.29) is 11.4 Å². The van der Waals surface area contributed by atoms with Gasteiger partial charge in [0.05, 0.1) is 0 Å². The molecule has 0 atom stereocenters. The number of Topliss-reactive ketones (excluding diaryl/α,β-unsaturated/α-hetero) is 1. The molecule has 3 heteroatoms. The maximum absolute atomic E-state index is 10.0. The Morgan fingerprint density at radius 3 is 1.67 bits per heavy atom. The molecule has 1 N–H and O–H groups in total. The molecule has 3 nitrogen and oxygen atoms in total. The van der Waals surface area contributed by atoms with Crippen LogP contribution in [0.1, 0.15) is 33.6 Å². The Morgan fingerprint density at radius 1 is 1.33 bits per heavy atom. The third-order valence-electron chi connectivity index (χ3n) is 0.967. The van der Waals surface area contributed by atoms with Crippen molar-refractivity contribution >= 4 is 11.8 Å². The van der Waals surface area contributed by atoms with Crippen molar-refractivity contribution in [1.82, 2.24) is 0 Å². The summed E-state index contributed by atoms with van der Waals surface area (Å²) in [6.45, 7) is 8.22. The summed E-state index contributed by atoms with van der Waals surface area (Å²) in [7, 11) is 0. The minimum absolute atomic E-state index is 0.176. The predicted molar refractivity (Wildman–Crippen MR) is 48.0 cm³/mol. The van der Waals surface area contributed by atoms with E-state index >= 15 is 0 Å². The summed E-state index contributed by atoms with van der Waals surface area (Å²) in [5.41, 5.74) is 0.176. The van der Waals surface area contributed by atoms with E-state index in [0.717, 1.165) is 12.8 Å². The molecule has 0 aliphatic rings. The minimum atomic E-state index is -0.935. The van der Waals surface area contributed by atoms with E-state index in [1.165, 1.54) is 6.92 Å². The van der Waals surface area contributed by atoms with Crippen LogP contribution in [-0.2, 0) is 9.59 Å². The van der Waals surface area contributed by atoms with E-state index in [2.05, 4.69) is 6.58 Å². The number of carboxylic acid groups (broad SMARTS) is 1. The van der Waals surface area contributed by atoms with Gasteiger partial charge in [-0.2, -0.15) is 0 Å². The van der Waals surface area contributed by atoms with Gasteiger partial charge in [-0.05, 0) is 20.3 Å². The normalized spacial score (nSPS) is 7.92. The first kappa shape index (κ1) is 13.5. The van der Waals surface area contributed by atoms with Crippen LogP contribution >= 0.6 is 0 Å². The molecule has 0 rings (SSSR count). The minimum Gasteiger partial charge on any atom is -0.478 e. The molecule has 0 heterocycles. The van der Waals surface area contributed by atoms with Crippen LogP contribution in [-0.4, -0.2) is 16.9 Å². The molecule has 0 aliphatic carbocycles. The van der Waals surface area contributed by atoms with Crippen molar-refractivity contribution in [2.24, 2.45) is 0 Å². The van der Waals surface area contributed by atoms with Crippen molar-refractivity contribution in [3.63, 3.8) is 0 Å². The monoisotopic (exact) mass is 172 g/mol. The zero-order valence-electron chi connectivity index (χ0n) is 7.89. The molecular weight excluding hydrogens is 156 g/mol. The topological polar surface area (TPSA) is 54.4 Å². The highest BCUT2D eigenvalue weighted by molar-refractivity contribution is 5.84. The summed E-state index contributed by atoms with van der Waals surface area (Å²) < 4.78 is 0. The Morgan fingerprint density at radius 2 is 1.67 bits per heavy atom. The highest BCUT2D eigenvalue weighted by Crippen LogP contribution is 1.84. The lowest BCUT2D eigenvalue weighted by Gasteiger charge is -1.80. The van der Waals surface area contributed by atoms with Crippen molar-refractivity contribution in [3.05, 3.63) is 12.2 Å². The van der Waals surface area contributed by atoms with Gasteiger partial charge < -0.3 is 9.90 Å². The second kappa shape index (κ2) is 7.98. The molecule has 0 unspecified atom stereocenters. The third kappa shape index (κ3) is 15.9. The number of hydrogen-bond acceptors (Lipinski definition) is 2. The number of hydrogen-bond donors (Lipinski definition) is 1. The Balaban J connectivity index is 0. The fourth-order valence-electron chi connectivity index (χ4n) is 0.352. The van der Waals surface area contributed by atoms with Gasteiger partial charge in [-0.25, -0.2) is 4.79 Å². The van der Waals surface area contributed by atoms with Gasteiger partial charge in [-0.1, -0.05) is 13.5 Å². The van der Waals surface area contributed by atoms with Gasteiger partial charge in [-0.3, -0.25) is 0 Å². The number of carbonyl (C=O) groups is 2. The van der Waals surface area contributed by atoms with E-state index in [1.54, 1.807) is 6.92 Å². The number of carbonyl (C=O) groups excluding carboxylic acids is 1. The quantitative estimate of drug-likeness (QED) is 0.662. The number of aliphatic carboxylic acids is 1. The molecule has 0 spiro atoms. The van der Waals surface area contributed by atoms with E-state index in [4.69, 9.17) is 5.11 Å². The van der Waals surface area contributed by atoms with Gasteiger partial charge in [0, 0.05) is 12.0 Å². The molecule has 0 amide bonds. The van der Waals surface area contributed by atoms with Crippen LogP contribution < -0.4 is 0 Å². The number of ketones is 1. The van der Waals surface area contributed by atoms with Crippen molar-refractivity contribution in [2.45, 2.75) is 33.6 Å². The predicted octanol–water partition coefficient (Wildman–Crippen LogP) is 2.02. The van der Waals surface area contributed by atoms with Crippen molar-refractivity contribution < 1.29 is 14.7 Å². The fourth-order valence-corrected chi connectivity index (χ4v) is 0.352. The van der Waals surface area contributed by atoms with Crippen LogP contribution in [0.4, 0.5) is 0 Å². The first-order chi connectivity index (χ1) is 5.41. The summed E-state index contributed by atoms with van der Waals surface area (Å²) in [5.74, 6) is -0.646. The summed E-state index contributed by atoms with van der Waals surface area (Å²) in [5, 5.41) is 7.89. The van der Waals surface area contributed by atoms with Gasteiger partial charge in [0.15, 0.2) is 0 Å². The van der Waals surface area contributed by atoms with Crippen molar-refractivity contribution in [3.8, 4) is 0 Å². The van der Waals surface area contributed by atoms with E-state index in [0.29, 0.717) is 0 Å². The van der Waals surface area contributed by atoms with Gasteiger partial charge in [0.1, 0.15) is 5.78 Å². The van der Waals surface area contributed by atoms with Gasteiger partial charge in [-0.15, -0.1) is 0 Å². The second-order valence-electron chi connectivity index (χ2n) is 2.54. The summed E-state index contributed by atoms with van der Waals surface area (Å²) in [6, 6.07) is 0. The first-order valence-electron chi connectivity index (χ1n) is 3.80. The lowest BCUT2D eigenvalue weighted by Crippen LogP contribution is -1.92. The van der Waals surface area contributed by atoms with E-state index in [1.807, 2.05) is 6.92 Å². The van der Waals surface area contributed by atoms with Crippen LogP contribution in [0.2, 0.25) is 0 Å². The summed E-state index contributed by atoms with van der Waals surface area (Å²) in [6.07, 6.45) is 1.72. The second-order valence-corrected chi connectivity index (χ2v) is 2.54. The van der Waals surface area contributed by atoms with Crippen LogP contribution in [0.5, 0.6) is 0 Å². The van der Waals surface area contributed by atoms with Crippen molar-refractivity contribution in [2.75, 3.05) is 0 Å². The molecule has 0 aromatic rings. The summed E-state index contributed by atoms with van der Waals surface area (Å²) in [4.78, 5) is 19.6. The molecular formula is C9H16O3. The molecule has 0 bridgehead atoms. The summed E-state index contributed by atoms with van der Waals surface area (Å²) >= 11 is 0. The standard InChI is InChI=1S/C5H10O.C4H6O2/c1-3-4-5(2)6;1-3(2)4(5)6/h3-4H2,1-2H3;1H2,2H3,(H,5,6). The van der Waals surface area contributed by atoms with Crippen molar-refractivity contribution in [1.29, 1.82) is 0 Å². The zero-order chi connectivity index (χ0) is 10.1. The highest BCUT2D eigenvalue weighted by Gasteiger charge is 1.90. The zero-order valence-corrected chi connectivity index (χ0v) is 7.89. The van der Waals surface area contributed by atoms with E-state index in [9.17, 15) is 9.59 Å². The average Bonchev–Trinajstić information content (AvgIpc) is 1.87. The van der Waals surface area contributed by atoms with Gasteiger partial charge in [0.2, 0.25) is 0 Å². The maximum Gasteiger partial charge on any atom is 0.330 e. The Bertz CT molecular complexity index is 159. The van der Waals surface area contributed by atoms with Crippen LogP contribution in [0, 0.1) is 0 Å². The average molecular weight is 172 g/mol. The smallest absolute Gasteiger partial charge is 0.330 e. The molecule has 12 heavy (non-hydrogen) atoms. The maximum atomic E-state index is 10.0. The molecule has 70 valence electrons. The lowest BCUT2D eigenvalue weighted by atomic mass is 10.3. The Labute approximate surface area is 73.1 Å². The lowest BCUT2D eigenvalue weighted by molar-refractivity contribution is -0.132. The molecule has 0 fully saturated rings. The van der Waals surface area contributed by atoms with Crippen LogP contribution in [0.3, 0.4) is 0 Å². The largest absolute Gasteiger partial charge is 0.478 e. The van der Waals surface area contributed by atoms with Gasteiger partial charge in [0.25, 0.3) is 0 Å². The number of rotatable bonds is 3. The molecule has 0 aliphatic heterocycles. The molecule has 0 aromatic heterocycles. The Kier molecular flexibility index (Phi) is 8.96. The van der Waals surface area contributed by atoms with Crippen LogP contribution in [0.25, 0.3) is 0 Å². The van der Waals surface area contributed by atoms with Gasteiger partial charge >= 0.3 is 5.97 Å². The first-order valence-corrected chi connectivity index (χ1v) is 3.80. The van der Waals surface area contributed by atoms with Crippen LogP contribution in [0.15, 0.2) is 12.2 Å². The molecule has 0 saturated carbocycles. The Hall–Kier alpha value is -1.12. The number of carboxylic acids is 1. The third-order valence-corrected chi connectivity index (χ3v) is 0.967. The fraction of sp³-hybridized carbons (Fsp3) is 0.556. The molecule has 0 radical (unpaired) electrons. The highest BCUT2D eigenvalue weighted by atomic mass is 16.4. The SMILES string of the molecule is C=C(C)C(=O)O.CCCC(C)=O. The van der Waals surface area contributed by atoms with E-state index < -0.39 is 5.97 Å².